The molecule has 2 amide bonds. The minimum absolute atomic E-state index is 0.0134. The van der Waals surface area contributed by atoms with Gasteiger partial charge in [-0.25, -0.2) is 0 Å². The molecule has 3 atom stereocenters. The number of amides is 2. The Morgan fingerprint density at radius 3 is 2.58 bits per heavy atom. The first kappa shape index (κ1) is 16.0. The Kier molecular flexibility index (Phi) is 6.28. The number of hydrogen-bond acceptors (Lipinski definition) is 3. The first-order valence-corrected chi connectivity index (χ1v) is 7.26. The van der Waals surface area contributed by atoms with Gasteiger partial charge in [-0.3, -0.25) is 9.59 Å². The van der Waals surface area contributed by atoms with Crippen LogP contribution in [0.15, 0.2) is 0 Å². The molecule has 3 unspecified atom stereocenters. The van der Waals surface area contributed by atoms with Crippen LogP contribution < -0.4 is 11.1 Å². The summed E-state index contributed by atoms with van der Waals surface area (Å²) < 4.78 is 0. The molecule has 0 radical (unpaired) electrons. The normalized spacial score (nSPS) is 24.6. The summed E-state index contributed by atoms with van der Waals surface area (Å²) in [4.78, 5) is 25.8. The summed E-state index contributed by atoms with van der Waals surface area (Å²) in [5, 5.41) is 2.84. The molecule has 1 aliphatic carbocycles. The van der Waals surface area contributed by atoms with Crippen molar-refractivity contribution in [3.8, 4) is 0 Å². The summed E-state index contributed by atoms with van der Waals surface area (Å²) in [6.07, 6.45) is 4.13. The van der Waals surface area contributed by atoms with Crippen molar-refractivity contribution in [2.45, 2.75) is 45.6 Å². The van der Waals surface area contributed by atoms with Crippen LogP contribution in [0.25, 0.3) is 0 Å². The SMILES string of the molecule is CCN(C)C(=O)C(C)NC(=O)C1CCCCC1CN. The van der Waals surface area contributed by atoms with Crippen molar-refractivity contribution < 1.29 is 9.59 Å². The Morgan fingerprint density at radius 2 is 2.00 bits per heavy atom. The Bertz CT molecular complexity index is 320. The Morgan fingerprint density at radius 1 is 1.37 bits per heavy atom. The van der Waals surface area contributed by atoms with Crippen LogP contribution in [0.1, 0.15) is 39.5 Å². The number of carbonyl (C=O) groups excluding carboxylic acids is 2. The summed E-state index contributed by atoms with van der Waals surface area (Å²) >= 11 is 0. The average Bonchev–Trinajstić information content (AvgIpc) is 2.45. The second-order valence-corrected chi connectivity index (χ2v) is 5.47. The highest BCUT2D eigenvalue weighted by Crippen LogP contribution is 2.29. The predicted octanol–water partition coefficient (Wildman–Crippen LogP) is 0.735. The van der Waals surface area contributed by atoms with Gasteiger partial charge in [0.15, 0.2) is 0 Å². The fourth-order valence-corrected chi connectivity index (χ4v) is 2.70. The van der Waals surface area contributed by atoms with E-state index >= 15 is 0 Å². The van der Waals surface area contributed by atoms with E-state index in [-0.39, 0.29) is 23.7 Å². The van der Waals surface area contributed by atoms with Crippen molar-refractivity contribution in [2.24, 2.45) is 17.6 Å². The molecule has 1 fully saturated rings. The van der Waals surface area contributed by atoms with E-state index in [4.69, 9.17) is 5.73 Å². The maximum atomic E-state index is 12.3. The van der Waals surface area contributed by atoms with E-state index in [9.17, 15) is 9.59 Å². The Hall–Kier alpha value is -1.10. The number of nitrogens with one attached hydrogen (secondary N) is 1. The smallest absolute Gasteiger partial charge is 0.244 e. The first-order valence-electron chi connectivity index (χ1n) is 7.26. The van der Waals surface area contributed by atoms with Gasteiger partial charge in [0.05, 0.1) is 0 Å². The van der Waals surface area contributed by atoms with Crippen LogP contribution in [0.4, 0.5) is 0 Å². The van der Waals surface area contributed by atoms with Crippen molar-refractivity contribution in [1.82, 2.24) is 10.2 Å². The maximum Gasteiger partial charge on any atom is 0.244 e. The number of carbonyl (C=O) groups is 2. The minimum atomic E-state index is -0.460. The van der Waals surface area contributed by atoms with E-state index in [1.165, 1.54) is 0 Å². The van der Waals surface area contributed by atoms with Crippen LogP contribution in [-0.4, -0.2) is 42.9 Å². The highest BCUT2D eigenvalue weighted by atomic mass is 16.2. The van der Waals surface area contributed by atoms with Gasteiger partial charge in [-0.15, -0.1) is 0 Å². The van der Waals surface area contributed by atoms with E-state index < -0.39 is 6.04 Å². The lowest BCUT2D eigenvalue weighted by Gasteiger charge is -2.31. The van der Waals surface area contributed by atoms with Gasteiger partial charge in [-0.2, -0.15) is 0 Å². The zero-order valence-electron chi connectivity index (χ0n) is 12.3. The molecule has 0 saturated heterocycles. The van der Waals surface area contributed by atoms with Gasteiger partial charge in [0.2, 0.25) is 11.8 Å². The van der Waals surface area contributed by atoms with Crippen LogP contribution in [-0.2, 0) is 9.59 Å². The molecule has 5 heteroatoms. The summed E-state index contributed by atoms with van der Waals surface area (Å²) in [7, 11) is 1.74. The first-order chi connectivity index (χ1) is 9.01. The number of nitrogens with zero attached hydrogens (tertiary/aromatic N) is 1. The topological polar surface area (TPSA) is 75.4 Å². The molecular formula is C14H27N3O2. The molecule has 3 N–H and O–H groups in total. The van der Waals surface area contributed by atoms with Gasteiger partial charge in [0, 0.05) is 19.5 Å². The molecule has 5 nitrogen and oxygen atoms in total. The third-order valence-corrected chi connectivity index (χ3v) is 4.13. The second kappa shape index (κ2) is 7.48. The number of hydrogen-bond donors (Lipinski definition) is 2. The van der Waals surface area contributed by atoms with Gasteiger partial charge in [-0.1, -0.05) is 12.8 Å². The summed E-state index contributed by atoms with van der Waals surface area (Å²) in [5.74, 6) is 0.178. The van der Waals surface area contributed by atoms with E-state index in [0.717, 1.165) is 25.7 Å². The number of nitrogens with two attached hydrogens (primary N) is 1. The second-order valence-electron chi connectivity index (χ2n) is 5.47. The zero-order valence-corrected chi connectivity index (χ0v) is 12.3. The van der Waals surface area contributed by atoms with Gasteiger partial charge in [-0.05, 0) is 39.2 Å². The minimum Gasteiger partial charge on any atom is -0.344 e. The van der Waals surface area contributed by atoms with Crippen LogP contribution in [0.2, 0.25) is 0 Å². The molecule has 110 valence electrons. The molecule has 0 aromatic heterocycles. The van der Waals surface area contributed by atoms with Crippen molar-refractivity contribution in [3.05, 3.63) is 0 Å². The fraction of sp³-hybridized carbons (Fsp3) is 0.857. The maximum absolute atomic E-state index is 12.3. The van der Waals surface area contributed by atoms with Gasteiger partial charge < -0.3 is 16.0 Å². The average molecular weight is 269 g/mol. The van der Waals surface area contributed by atoms with Crippen molar-refractivity contribution in [3.63, 3.8) is 0 Å². The van der Waals surface area contributed by atoms with Crippen molar-refractivity contribution in [1.29, 1.82) is 0 Å². The summed E-state index contributed by atoms with van der Waals surface area (Å²) in [6, 6.07) is -0.460. The van der Waals surface area contributed by atoms with E-state index in [1.807, 2.05) is 6.92 Å². The molecule has 1 rings (SSSR count). The number of likely N-dealkylation sites (N-methyl/N-ethyl adjacent to an activating group) is 1. The molecule has 0 aromatic carbocycles. The Labute approximate surface area is 115 Å². The monoisotopic (exact) mass is 269 g/mol. The van der Waals surface area contributed by atoms with Crippen LogP contribution in [0, 0.1) is 11.8 Å². The molecule has 0 aromatic rings. The highest BCUT2D eigenvalue weighted by Gasteiger charge is 2.31. The van der Waals surface area contributed by atoms with E-state index in [2.05, 4.69) is 5.32 Å². The zero-order chi connectivity index (χ0) is 14.4. The van der Waals surface area contributed by atoms with Gasteiger partial charge in [0.25, 0.3) is 0 Å². The van der Waals surface area contributed by atoms with Crippen LogP contribution >= 0.6 is 0 Å². The fourth-order valence-electron chi connectivity index (χ4n) is 2.70. The third-order valence-electron chi connectivity index (χ3n) is 4.13. The molecule has 0 aliphatic heterocycles. The standard InChI is InChI=1S/C14H27N3O2/c1-4-17(3)14(19)10(2)16-13(18)12-8-6-5-7-11(12)9-15/h10-12H,4-9,15H2,1-3H3,(H,16,18). The highest BCUT2D eigenvalue weighted by molar-refractivity contribution is 5.88. The molecule has 19 heavy (non-hydrogen) atoms. The van der Waals surface area contributed by atoms with Gasteiger partial charge in [0.1, 0.15) is 6.04 Å². The van der Waals surface area contributed by atoms with Crippen molar-refractivity contribution in [2.75, 3.05) is 20.1 Å². The molecule has 1 aliphatic rings. The quantitative estimate of drug-likeness (QED) is 0.773. The summed E-state index contributed by atoms with van der Waals surface area (Å²) in [5.41, 5.74) is 5.74. The van der Waals surface area contributed by atoms with E-state index in [0.29, 0.717) is 13.1 Å². The lowest BCUT2D eigenvalue weighted by molar-refractivity contribution is -0.136. The molecular weight excluding hydrogens is 242 g/mol. The lowest BCUT2D eigenvalue weighted by Crippen LogP contribution is -2.49. The number of rotatable bonds is 5. The summed E-state index contributed by atoms with van der Waals surface area (Å²) in [6.45, 7) is 4.86. The Balaban J connectivity index is 2.55. The lowest BCUT2D eigenvalue weighted by atomic mass is 9.78. The van der Waals surface area contributed by atoms with E-state index in [1.54, 1.807) is 18.9 Å². The van der Waals surface area contributed by atoms with Crippen LogP contribution in [0.5, 0.6) is 0 Å². The third kappa shape index (κ3) is 4.20. The molecule has 0 bridgehead atoms. The largest absolute Gasteiger partial charge is 0.344 e. The predicted molar refractivity (Wildman–Crippen MR) is 75.4 cm³/mol. The molecule has 0 heterocycles. The van der Waals surface area contributed by atoms with Gasteiger partial charge >= 0.3 is 0 Å². The van der Waals surface area contributed by atoms with Crippen molar-refractivity contribution >= 4 is 11.8 Å². The molecule has 1 saturated carbocycles. The molecule has 0 spiro atoms. The van der Waals surface area contributed by atoms with Crippen LogP contribution in [0.3, 0.4) is 0 Å².